The van der Waals surface area contributed by atoms with Crippen LogP contribution in [-0.2, 0) is 0 Å². The van der Waals surface area contributed by atoms with Gasteiger partial charge in [0.05, 0.1) is 0 Å². The minimum Gasteiger partial charge on any atom is -0.374 e. The van der Waals surface area contributed by atoms with E-state index in [9.17, 15) is 5.11 Å². The number of hydrogen-bond acceptors (Lipinski definition) is 1. The molecule has 1 rings (SSSR count). The molecular formula is C9H12O. The second-order valence-corrected chi connectivity index (χ2v) is 2.94. The van der Waals surface area contributed by atoms with Crippen molar-refractivity contribution in [2.45, 2.75) is 25.4 Å². The smallest absolute Gasteiger partial charge is 0.143 e. The maximum absolute atomic E-state index is 9.47. The summed E-state index contributed by atoms with van der Waals surface area (Å²) in [6.07, 6.45) is 10.5. The van der Waals surface area contributed by atoms with Crippen molar-refractivity contribution in [1.82, 2.24) is 0 Å². The van der Waals surface area contributed by atoms with Crippen LogP contribution in [0.4, 0.5) is 0 Å². The molecule has 0 amide bonds. The van der Waals surface area contributed by atoms with Crippen LogP contribution < -0.4 is 0 Å². The predicted molar refractivity (Wildman–Crippen MR) is 41.3 cm³/mol. The molecule has 0 aliphatic heterocycles. The van der Waals surface area contributed by atoms with Crippen molar-refractivity contribution in [3.8, 4) is 12.3 Å². The zero-order chi connectivity index (χ0) is 7.61. The molecule has 0 bridgehead atoms. The molecule has 0 aromatic rings. The molecule has 0 aromatic heterocycles. The molecule has 1 nitrogen and oxygen atoms in total. The van der Waals surface area contributed by atoms with Crippen molar-refractivity contribution in [1.29, 1.82) is 0 Å². The van der Waals surface area contributed by atoms with E-state index in [-0.39, 0.29) is 0 Å². The summed E-state index contributed by atoms with van der Waals surface area (Å²) in [6, 6.07) is 0. The zero-order valence-corrected chi connectivity index (χ0v) is 6.17. The lowest BCUT2D eigenvalue weighted by Gasteiger charge is -2.24. The molecule has 0 saturated carbocycles. The monoisotopic (exact) mass is 136 g/mol. The van der Waals surface area contributed by atoms with Crippen molar-refractivity contribution < 1.29 is 5.11 Å². The van der Waals surface area contributed by atoms with Crippen LogP contribution in [0.5, 0.6) is 0 Å². The third-order valence-electron chi connectivity index (χ3n) is 1.93. The van der Waals surface area contributed by atoms with E-state index in [0.29, 0.717) is 12.3 Å². The summed E-state index contributed by atoms with van der Waals surface area (Å²) in [6.45, 7) is 2.12. The average Bonchev–Trinajstić information content (AvgIpc) is 1.96. The molecule has 1 aliphatic carbocycles. The van der Waals surface area contributed by atoms with E-state index in [2.05, 4.69) is 12.8 Å². The van der Waals surface area contributed by atoms with Crippen molar-refractivity contribution in [3.05, 3.63) is 12.2 Å². The van der Waals surface area contributed by atoms with Crippen LogP contribution in [-0.4, -0.2) is 10.7 Å². The molecule has 54 valence electrons. The van der Waals surface area contributed by atoms with Gasteiger partial charge in [0.2, 0.25) is 0 Å². The van der Waals surface area contributed by atoms with E-state index in [1.807, 2.05) is 6.08 Å². The SMILES string of the molecule is C#CC1(O)C=CC(C)CC1. The molecule has 0 spiro atoms. The maximum atomic E-state index is 9.47. The molecule has 2 unspecified atom stereocenters. The van der Waals surface area contributed by atoms with Gasteiger partial charge in [-0.05, 0) is 24.8 Å². The van der Waals surface area contributed by atoms with Gasteiger partial charge in [-0.25, -0.2) is 0 Å². The van der Waals surface area contributed by atoms with Crippen molar-refractivity contribution in [2.24, 2.45) is 5.92 Å². The second-order valence-electron chi connectivity index (χ2n) is 2.94. The summed E-state index contributed by atoms with van der Waals surface area (Å²) >= 11 is 0. The van der Waals surface area contributed by atoms with Crippen LogP contribution in [0.2, 0.25) is 0 Å². The molecule has 0 saturated heterocycles. The molecule has 0 fully saturated rings. The summed E-state index contributed by atoms with van der Waals surface area (Å²) in [4.78, 5) is 0. The highest BCUT2D eigenvalue weighted by Crippen LogP contribution is 2.24. The van der Waals surface area contributed by atoms with Gasteiger partial charge in [-0.1, -0.05) is 18.9 Å². The van der Waals surface area contributed by atoms with Crippen LogP contribution in [0.25, 0.3) is 0 Å². The van der Waals surface area contributed by atoms with Crippen molar-refractivity contribution >= 4 is 0 Å². The summed E-state index contributed by atoms with van der Waals surface area (Å²) in [5, 5.41) is 9.47. The Morgan fingerprint density at radius 2 is 2.50 bits per heavy atom. The summed E-state index contributed by atoms with van der Waals surface area (Å²) < 4.78 is 0. The lowest BCUT2D eigenvalue weighted by molar-refractivity contribution is 0.129. The fourth-order valence-electron chi connectivity index (χ4n) is 1.07. The Kier molecular flexibility index (Phi) is 1.82. The van der Waals surface area contributed by atoms with Crippen molar-refractivity contribution in [2.75, 3.05) is 0 Å². The fraction of sp³-hybridized carbons (Fsp3) is 0.556. The number of rotatable bonds is 0. The molecule has 0 heterocycles. The standard InChI is InChI=1S/C9H12O/c1-3-9(10)6-4-8(2)5-7-9/h1,4,6,8,10H,5,7H2,2H3. The number of allylic oxidation sites excluding steroid dienone is 1. The van der Waals surface area contributed by atoms with Gasteiger partial charge >= 0.3 is 0 Å². The number of terminal acetylenes is 1. The molecule has 1 heteroatoms. The topological polar surface area (TPSA) is 20.2 Å². The van der Waals surface area contributed by atoms with E-state index in [4.69, 9.17) is 6.42 Å². The third kappa shape index (κ3) is 1.40. The van der Waals surface area contributed by atoms with Crippen LogP contribution in [0.1, 0.15) is 19.8 Å². The Morgan fingerprint density at radius 1 is 1.80 bits per heavy atom. The van der Waals surface area contributed by atoms with Gasteiger partial charge < -0.3 is 5.11 Å². The Bertz CT molecular complexity index is 187. The van der Waals surface area contributed by atoms with Gasteiger partial charge in [-0.3, -0.25) is 0 Å². The summed E-state index contributed by atoms with van der Waals surface area (Å²) in [7, 11) is 0. The first-order valence-corrected chi connectivity index (χ1v) is 3.56. The summed E-state index contributed by atoms with van der Waals surface area (Å²) in [5.41, 5.74) is -0.952. The van der Waals surface area contributed by atoms with Crippen molar-refractivity contribution in [3.63, 3.8) is 0 Å². The quantitative estimate of drug-likeness (QED) is 0.393. The molecule has 2 atom stereocenters. The first kappa shape index (κ1) is 7.37. The van der Waals surface area contributed by atoms with Crippen LogP contribution in [0.3, 0.4) is 0 Å². The lowest BCUT2D eigenvalue weighted by atomic mass is 9.87. The highest BCUT2D eigenvalue weighted by atomic mass is 16.3. The Hall–Kier alpha value is -0.740. The van der Waals surface area contributed by atoms with Gasteiger partial charge in [-0.2, -0.15) is 0 Å². The minimum absolute atomic E-state index is 0.564. The normalized spacial score (nSPS) is 39.1. The fourth-order valence-corrected chi connectivity index (χ4v) is 1.07. The first-order chi connectivity index (χ1) is 4.66. The molecule has 10 heavy (non-hydrogen) atoms. The molecule has 0 radical (unpaired) electrons. The van der Waals surface area contributed by atoms with Gasteiger partial charge in [0.1, 0.15) is 5.60 Å². The number of hydrogen-bond donors (Lipinski definition) is 1. The van der Waals surface area contributed by atoms with E-state index in [0.717, 1.165) is 6.42 Å². The molecule has 1 aliphatic rings. The van der Waals surface area contributed by atoms with E-state index in [1.165, 1.54) is 0 Å². The van der Waals surface area contributed by atoms with E-state index < -0.39 is 5.60 Å². The van der Waals surface area contributed by atoms with Crippen LogP contribution >= 0.6 is 0 Å². The first-order valence-electron chi connectivity index (χ1n) is 3.56. The van der Waals surface area contributed by atoms with Gasteiger partial charge in [-0.15, -0.1) is 6.42 Å². The minimum atomic E-state index is -0.952. The molecule has 0 aromatic carbocycles. The lowest BCUT2D eigenvalue weighted by Crippen LogP contribution is -2.26. The maximum Gasteiger partial charge on any atom is 0.143 e. The average molecular weight is 136 g/mol. The zero-order valence-electron chi connectivity index (χ0n) is 6.17. The molecule has 1 N–H and O–H groups in total. The highest BCUT2D eigenvalue weighted by Gasteiger charge is 2.23. The van der Waals surface area contributed by atoms with Crippen LogP contribution in [0.15, 0.2) is 12.2 Å². The number of aliphatic hydroxyl groups is 1. The third-order valence-corrected chi connectivity index (χ3v) is 1.93. The Labute approximate surface area is 61.8 Å². The Balaban J connectivity index is 2.71. The second kappa shape index (κ2) is 2.48. The largest absolute Gasteiger partial charge is 0.374 e. The Morgan fingerprint density at radius 3 is 2.90 bits per heavy atom. The highest BCUT2D eigenvalue weighted by molar-refractivity contribution is 5.21. The predicted octanol–water partition coefficient (Wildman–Crippen LogP) is 1.34. The van der Waals surface area contributed by atoms with Gasteiger partial charge in [0.15, 0.2) is 0 Å². The summed E-state index contributed by atoms with van der Waals surface area (Å²) in [5.74, 6) is 2.93. The molecular weight excluding hydrogens is 124 g/mol. The van der Waals surface area contributed by atoms with Gasteiger partial charge in [0, 0.05) is 0 Å². The van der Waals surface area contributed by atoms with Crippen LogP contribution in [0, 0.1) is 18.3 Å². The van der Waals surface area contributed by atoms with Gasteiger partial charge in [0.25, 0.3) is 0 Å². The van der Waals surface area contributed by atoms with E-state index in [1.54, 1.807) is 6.08 Å². The van der Waals surface area contributed by atoms with E-state index >= 15 is 0 Å².